The van der Waals surface area contributed by atoms with E-state index in [0.717, 1.165) is 33.2 Å². The predicted molar refractivity (Wildman–Crippen MR) is 195 cm³/mol. The Morgan fingerprint density at radius 2 is 1.17 bits per heavy atom. The number of aromatic nitrogens is 3. The Labute approximate surface area is 268 Å². The molecule has 46 heavy (non-hydrogen) atoms. The van der Waals surface area contributed by atoms with Crippen molar-refractivity contribution in [2.45, 2.75) is 0 Å². The fourth-order valence-corrected chi connectivity index (χ4v) is 8.43. The van der Waals surface area contributed by atoms with Crippen molar-refractivity contribution in [2.75, 3.05) is 0 Å². The molecule has 3 aromatic heterocycles. The molecule has 0 saturated carbocycles. The normalized spacial score (nSPS) is 11.9. The van der Waals surface area contributed by atoms with Crippen molar-refractivity contribution in [1.82, 2.24) is 14.5 Å². The molecule has 214 valence electrons. The molecule has 3 nitrogen and oxygen atoms in total. The fraction of sp³-hybridized carbons (Fsp3) is 0. The van der Waals surface area contributed by atoms with Crippen LogP contribution >= 0.6 is 11.3 Å². The molecule has 0 radical (unpaired) electrons. The van der Waals surface area contributed by atoms with Crippen molar-refractivity contribution >= 4 is 75.0 Å². The highest BCUT2D eigenvalue weighted by Gasteiger charge is 2.22. The number of nitrogens with zero attached hydrogens (tertiary/aromatic N) is 3. The SMILES string of the molecule is c1ccc(-c2nc(-n3c4ccc5ccccc5c4c4cccc(-c5cccc6c5sc5ccccc56)c43)nc3ccccc23)cc1. The summed E-state index contributed by atoms with van der Waals surface area (Å²) in [6.07, 6.45) is 0. The quantitative estimate of drug-likeness (QED) is 0.201. The molecule has 0 bridgehead atoms. The van der Waals surface area contributed by atoms with E-state index < -0.39 is 0 Å². The number of para-hydroxylation sites is 2. The summed E-state index contributed by atoms with van der Waals surface area (Å²) in [5.74, 6) is 0.670. The zero-order valence-electron chi connectivity index (χ0n) is 24.7. The van der Waals surface area contributed by atoms with Gasteiger partial charge in [0.1, 0.15) is 0 Å². The number of hydrogen-bond acceptors (Lipinski definition) is 3. The second-order valence-corrected chi connectivity index (χ2v) is 12.8. The maximum atomic E-state index is 5.38. The van der Waals surface area contributed by atoms with Gasteiger partial charge < -0.3 is 0 Å². The van der Waals surface area contributed by atoms with Gasteiger partial charge in [-0.25, -0.2) is 9.97 Å². The standard InChI is InChI=1S/C42H25N3S/c1-2-13-27(14-3-1)39-33-17-6-8-22-35(33)43-42(44-39)45-36-25-24-26-12-4-5-15-28(26)38(36)34-21-10-18-30(40(34)45)32-20-11-19-31-29-16-7-9-23-37(29)46-41(31)32/h1-25H. The van der Waals surface area contributed by atoms with Crippen molar-refractivity contribution in [3.63, 3.8) is 0 Å². The van der Waals surface area contributed by atoms with Gasteiger partial charge >= 0.3 is 0 Å². The first-order valence-electron chi connectivity index (χ1n) is 15.5. The van der Waals surface area contributed by atoms with E-state index in [0.29, 0.717) is 5.95 Å². The third kappa shape index (κ3) is 3.65. The van der Waals surface area contributed by atoms with Crippen LogP contribution in [0.25, 0.3) is 92.0 Å². The van der Waals surface area contributed by atoms with E-state index in [9.17, 15) is 0 Å². The molecule has 0 atom stereocenters. The Hall–Kier alpha value is -5.84. The Morgan fingerprint density at radius 1 is 0.478 bits per heavy atom. The molecule has 10 rings (SSSR count). The molecule has 7 aromatic carbocycles. The van der Waals surface area contributed by atoms with Crippen molar-refractivity contribution < 1.29 is 0 Å². The second-order valence-electron chi connectivity index (χ2n) is 11.8. The summed E-state index contributed by atoms with van der Waals surface area (Å²) in [5.41, 5.74) is 7.54. The highest BCUT2D eigenvalue weighted by Crippen LogP contribution is 2.45. The monoisotopic (exact) mass is 603 g/mol. The Morgan fingerprint density at radius 3 is 2.07 bits per heavy atom. The van der Waals surface area contributed by atoms with E-state index in [1.165, 1.54) is 52.8 Å². The second kappa shape index (κ2) is 9.83. The average molecular weight is 604 g/mol. The van der Waals surface area contributed by atoms with Crippen molar-refractivity contribution in [1.29, 1.82) is 0 Å². The van der Waals surface area contributed by atoms with Crippen molar-refractivity contribution in [2.24, 2.45) is 0 Å². The maximum Gasteiger partial charge on any atom is 0.235 e. The smallest absolute Gasteiger partial charge is 0.235 e. The molecule has 0 aliphatic heterocycles. The lowest BCUT2D eigenvalue weighted by Gasteiger charge is -2.14. The first-order valence-corrected chi connectivity index (χ1v) is 16.3. The molecule has 10 aromatic rings. The average Bonchev–Trinajstić information content (AvgIpc) is 3.68. The van der Waals surface area contributed by atoms with Crippen LogP contribution in [-0.2, 0) is 0 Å². The summed E-state index contributed by atoms with van der Waals surface area (Å²) >= 11 is 1.86. The van der Waals surface area contributed by atoms with Crippen LogP contribution in [0.15, 0.2) is 152 Å². The van der Waals surface area contributed by atoms with Crippen LogP contribution in [0.1, 0.15) is 0 Å². The first kappa shape index (κ1) is 25.5. The van der Waals surface area contributed by atoms with Crippen LogP contribution < -0.4 is 0 Å². The number of fused-ring (bicyclic) bond motifs is 9. The molecule has 0 fully saturated rings. The van der Waals surface area contributed by atoms with Crippen LogP contribution in [0.4, 0.5) is 0 Å². The molecular weight excluding hydrogens is 579 g/mol. The molecule has 0 N–H and O–H groups in total. The van der Waals surface area contributed by atoms with Gasteiger partial charge in [0.05, 0.1) is 22.2 Å². The van der Waals surface area contributed by atoms with Crippen LogP contribution in [-0.4, -0.2) is 14.5 Å². The van der Waals surface area contributed by atoms with Crippen LogP contribution in [0, 0.1) is 0 Å². The minimum Gasteiger partial charge on any atom is -0.277 e. The molecule has 0 aliphatic carbocycles. The van der Waals surface area contributed by atoms with Gasteiger partial charge in [-0.15, -0.1) is 11.3 Å². The maximum absolute atomic E-state index is 5.38. The summed E-state index contributed by atoms with van der Waals surface area (Å²) in [7, 11) is 0. The van der Waals surface area contributed by atoms with E-state index in [2.05, 4.69) is 150 Å². The first-order chi connectivity index (χ1) is 22.8. The topological polar surface area (TPSA) is 30.7 Å². The van der Waals surface area contributed by atoms with Gasteiger partial charge in [0.15, 0.2) is 0 Å². The lowest BCUT2D eigenvalue weighted by atomic mass is 9.98. The van der Waals surface area contributed by atoms with Gasteiger partial charge in [-0.3, -0.25) is 4.57 Å². The Kier molecular flexibility index (Phi) is 5.45. The molecule has 0 saturated heterocycles. The van der Waals surface area contributed by atoms with Gasteiger partial charge in [0, 0.05) is 53.0 Å². The van der Waals surface area contributed by atoms with Crippen molar-refractivity contribution in [3.05, 3.63) is 152 Å². The third-order valence-electron chi connectivity index (χ3n) is 9.21. The van der Waals surface area contributed by atoms with Gasteiger partial charge in [-0.1, -0.05) is 133 Å². The summed E-state index contributed by atoms with van der Waals surface area (Å²) in [4.78, 5) is 10.7. The largest absolute Gasteiger partial charge is 0.277 e. The summed E-state index contributed by atoms with van der Waals surface area (Å²) in [5, 5.41) is 8.49. The minimum atomic E-state index is 0.670. The predicted octanol–water partition coefficient (Wildman–Crippen LogP) is 11.6. The Bertz CT molecular complexity index is 2810. The van der Waals surface area contributed by atoms with Crippen LogP contribution in [0.3, 0.4) is 0 Å². The summed E-state index contributed by atoms with van der Waals surface area (Å²) in [6.45, 7) is 0. The molecule has 0 unspecified atom stereocenters. The zero-order chi connectivity index (χ0) is 30.2. The summed E-state index contributed by atoms with van der Waals surface area (Å²) < 4.78 is 4.90. The lowest BCUT2D eigenvalue weighted by molar-refractivity contribution is 1.01. The number of rotatable bonds is 3. The molecule has 3 heterocycles. The van der Waals surface area contributed by atoms with E-state index in [1.54, 1.807) is 0 Å². The van der Waals surface area contributed by atoms with E-state index in [-0.39, 0.29) is 0 Å². The minimum absolute atomic E-state index is 0.670. The van der Waals surface area contributed by atoms with E-state index in [1.807, 2.05) is 17.4 Å². The lowest BCUT2D eigenvalue weighted by Crippen LogP contribution is -2.04. The van der Waals surface area contributed by atoms with Gasteiger partial charge in [-0.2, -0.15) is 0 Å². The van der Waals surface area contributed by atoms with E-state index >= 15 is 0 Å². The van der Waals surface area contributed by atoms with Gasteiger partial charge in [-0.05, 0) is 29.0 Å². The van der Waals surface area contributed by atoms with Crippen LogP contribution in [0.2, 0.25) is 0 Å². The fourth-order valence-electron chi connectivity index (χ4n) is 7.20. The highest BCUT2D eigenvalue weighted by atomic mass is 32.1. The molecule has 0 spiro atoms. The van der Waals surface area contributed by atoms with Gasteiger partial charge in [0.25, 0.3) is 0 Å². The molecule has 0 amide bonds. The number of benzene rings is 7. The number of thiophene rings is 1. The van der Waals surface area contributed by atoms with Crippen LogP contribution in [0.5, 0.6) is 0 Å². The summed E-state index contributed by atoms with van der Waals surface area (Å²) in [6, 6.07) is 54.1. The molecule has 4 heteroatoms. The van der Waals surface area contributed by atoms with Crippen molar-refractivity contribution in [3.8, 4) is 28.3 Å². The molecule has 0 aliphatic rings. The van der Waals surface area contributed by atoms with Gasteiger partial charge in [0.2, 0.25) is 5.95 Å². The Balaban J connectivity index is 1.39. The van der Waals surface area contributed by atoms with E-state index in [4.69, 9.17) is 9.97 Å². The number of hydrogen-bond donors (Lipinski definition) is 0. The zero-order valence-corrected chi connectivity index (χ0v) is 25.5. The highest BCUT2D eigenvalue weighted by molar-refractivity contribution is 7.26. The third-order valence-corrected chi connectivity index (χ3v) is 10.4. The molecular formula is C42H25N3S.